The van der Waals surface area contributed by atoms with Gasteiger partial charge in [-0.25, -0.2) is 14.2 Å². The van der Waals surface area contributed by atoms with Crippen molar-refractivity contribution in [3.8, 4) is 5.75 Å². The Morgan fingerprint density at radius 1 is 1.38 bits per heavy atom. The van der Waals surface area contributed by atoms with Crippen molar-refractivity contribution in [2.24, 2.45) is 0 Å². The van der Waals surface area contributed by atoms with Gasteiger partial charge in [0.25, 0.3) is 0 Å². The Balaban J connectivity index is 1.46. The van der Waals surface area contributed by atoms with Crippen LogP contribution in [0.1, 0.15) is 30.8 Å². The van der Waals surface area contributed by atoms with E-state index < -0.39 is 0 Å². The third-order valence-electron chi connectivity index (χ3n) is 4.01. The number of carbonyl (C=O) groups is 1. The largest absolute Gasteiger partial charge is 0.490 e. The smallest absolute Gasteiger partial charge is 0.317 e. The van der Waals surface area contributed by atoms with E-state index in [-0.39, 0.29) is 24.0 Å². The number of nitrogens with one attached hydrogen (secondary N) is 1. The standard InChI is InChI=1S/C17H20FN3O2S/c1-12(16-19-8-11-24-16)20-17(22)21-9-6-15(7-10-21)23-14-4-2-13(18)3-5-14/h2-5,8,11-12,15H,6-7,9-10H2,1H3,(H,20,22)/t12-/m0/s1. The van der Waals surface area contributed by atoms with Gasteiger partial charge in [-0.1, -0.05) is 0 Å². The molecule has 0 saturated carbocycles. The first kappa shape index (κ1) is 16.7. The molecule has 1 fully saturated rings. The van der Waals surface area contributed by atoms with Gasteiger partial charge >= 0.3 is 6.03 Å². The summed E-state index contributed by atoms with van der Waals surface area (Å²) in [6.07, 6.45) is 3.31. The summed E-state index contributed by atoms with van der Waals surface area (Å²) in [6.45, 7) is 3.21. The number of piperidine rings is 1. The minimum absolute atomic E-state index is 0.0518. The Hall–Kier alpha value is -2.15. The monoisotopic (exact) mass is 349 g/mol. The highest BCUT2D eigenvalue weighted by Gasteiger charge is 2.25. The predicted molar refractivity (Wildman–Crippen MR) is 90.7 cm³/mol. The molecule has 0 unspecified atom stereocenters. The molecule has 2 aromatic rings. The van der Waals surface area contributed by atoms with Crippen LogP contribution in [0, 0.1) is 5.82 Å². The molecular formula is C17H20FN3O2S. The van der Waals surface area contributed by atoms with Crippen LogP contribution in [-0.4, -0.2) is 35.1 Å². The molecule has 0 aliphatic carbocycles. The first-order valence-electron chi connectivity index (χ1n) is 7.99. The first-order valence-corrected chi connectivity index (χ1v) is 8.87. The van der Waals surface area contributed by atoms with E-state index in [4.69, 9.17) is 4.74 Å². The highest BCUT2D eigenvalue weighted by atomic mass is 32.1. The number of aromatic nitrogens is 1. The van der Waals surface area contributed by atoms with Gasteiger partial charge in [0.05, 0.1) is 6.04 Å². The number of nitrogens with zero attached hydrogens (tertiary/aromatic N) is 2. The van der Waals surface area contributed by atoms with Crippen molar-refractivity contribution in [2.75, 3.05) is 13.1 Å². The maximum absolute atomic E-state index is 12.9. The van der Waals surface area contributed by atoms with Gasteiger partial charge < -0.3 is 15.0 Å². The highest BCUT2D eigenvalue weighted by molar-refractivity contribution is 7.09. The van der Waals surface area contributed by atoms with Crippen LogP contribution in [0.15, 0.2) is 35.8 Å². The molecule has 2 amide bonds. The molecule has 128 valence electrons. The van der Waals surface area contributed by atoms with Gasteiger partial charge in [0.15, 0.2) is 0 Å². The molecule has 1 aromatic carbocycles. The van der Waals surface area contributed by atoms with Gasteiger partial charge in [0.2, 0.25) is 0 Å². The van der Waals surface area contributed by atoms with Crippen molar-refractivity contribution in [3.05, 3.63) is 46.7 Å². The molecule has 1 saturated heterocycles. The molecule has 2 heterocycles. The average Bonchev–Trinajstić information content (AvgIpc) is 3.12. The van der Waals surface area contributed by atoms with Gasteiger partial charge in [-0.2, -0.15) is 0 Å². The van der Waals surface area contributed by atoms with Crippen molar-refractivity contribution < 1.29 is 13.9 Å². The second-order valence-electron chi connectivity index (χ2n) is 5.80. The van der Waals surface area contributed by atoms with Gasteiger partial charge in [-0.05, 0) is 31.2 Å². The summed E-state index contributed by atoms with van der Waals surface area (Å²) >= 11 is 1.53. The fourth-order valence-corrected chi connectivity index (χ4v) is 3.31. The van der Waals surface area contributed by atoms with E-state index >= 15 is 0 Å². The zero-order valence-corrected chi connectivity index (χ0v) is 14.3. The minimum Gasteiger partial charge on any atom is -0.490 e. The summed E-state index contributed by atoms with van der Waals surface area (Å²) in [7, 11) is 0. The molecule has 1 N–H and O–H groups in total. The Kier molecular flexibility index (Phi) is 5.30. The summed E-state index contributed by atoms with van der Waals surface area (Å²) in [5, 5.41) is 5.78. The van der Waals surface area contributed by atoms with Gasteiger partial charge in [0, 0.05) is 37.5 Å². The molecular weight excluding hydrogens is 329 g/mol. The molecule has 0 radical (unpaired) electrons. The quantitative estimate of drug-likeness (QED) is 0.918. The molecule has 7 heteroatoms. The third kappa shape index (κ3) is 4.23. The van der Waals surface area contributed by atoms with Crippen LogP contribution in [0.5, 0.6) is 5.75 Å². The van der Waals surface area contributed by atoms with E-state index in [1.54, 1.807) is 23.2 Å². The number of hydrogen-bond donors (Lipinski definition) is 1. The maximum atomic E-state index is 12.9. The predicted octanol–water partition coefficient (Wildman–Crippen LogP) is 3.60. The molecule has 24 heavy (non-hydrogen) atoms. The van der Waals surface area contributed by atoms with E-state index in [2.05, 4.69) is 10.3 Å². The minimum atomic E-state index is -0.275. The van der Waals surface area contributed by atoms with E-state index in [9.17, 15) is 9.18 Å². The number of ether oxygens (including phenoxy) is 1. The molecule has 1 aliphatic rings. The number of urea groups is 1. The summed E-state index contributed by atoms with van der Waals surface area (Å²) in [6, 6.07) is 5.87. The number of amides is 2. The Morgan fingerprint density at radius 3 is 2.71 bits per heavy atom. The SMILES string of the molecule is C[C@H](NC(=O)N1CCC(Oc2ccc(F)cc2)CC1)c1nccs1. The van der Waals surface area contributed by atoms with Gasteiger partial charge in [-0.3, -0.25) is 0 Å². The summed E-state index contributed by atoms with van der Waals surface area (Å²) in [5.74, 6) is 0.389. The number of rotatable bonds is 4. The van der Waals surface area contributed by atoms with Crippen LogP contribution in [0.3, 0.4) is 0 Å². The number of hydrogen-bond acceptors (Lipinski definition) is 4. The summed E-state index contributed by atoms with van der Waals surface area (Å²) in [4.78, 5) is 18.3. The molecule has 1 aliphatic heterocycles. The van der Waals surface area contributed by atoms with E-state index in [0.717, 1.165) is 17.8 Å². The third-order valence-corrected chi connectivity index (χ3v) is 4.97. The lowest BCUT2D eigenvalue weighted by atomic mass is 10.1. The van der Waals surface area contributed by atoms with Crippen molar-refractivity contribution in [1.29, 1.82) is 0 Å². The average molecular weight is 349 g/mol. The van der Waals surface area contributed by atoms with Crippen molar-refractivity contribution in [2.45, 2.75) is 31.9 Å². The van der Waals surface area contributed by atoms with Crippen molar-refractivity contribution in [3.63, 3.8) is 0 Å². The van der Waals surface area contributed by atoms with E-state index in [1.165, 1.54) is 23.5 Å². The summed E-state index contributed by atoms with van der Waals surface area (Å²) < 4.78 is 18.7. The van der Waals surface area contributed by atoms with Gasteiger partial charge in [-0.15, -0.1) is 11.3 Å². The Bertz CT molecular complexity index is 655. The summed E-state index contributed by atoms with van der Waals surface area (Å²) in [5.41, 5.74) is 0. The number of carbonyl (C=O) groups excluding carboxylic acids is 1. The van der Waals surface area contributed by atoms with Crippen LogP contribution in [0.25, 0.3) is 0 Å². The lowest BCUT2D eigenvalue weighted by Crippen LogP contribution is -2.47. The Labute approximate surface area is 144 Å². The Morgan fingerprint density at radius 2 is 2.08 bits per heavy atom. The second-order valence-corrected chi connectivity index (χ2v) is 6.73. The van der Waals surface area contributed by atoms with Crippen molar-refractivity contribution >= 4 is 17.4 Å². The zero-order valence-electron chi connectivity index (χ0n) is 13.4. The van der Waals surface area contributed by atoms with Gasteiger partial charge in [0.1, 0.15) is 22.7 Å². The van der Waals surface area contributed by atoms with E-state index in [1.807, 2.05) is 12.3 Å². The van der Waals surface area contributed by atoms with Crippen LogP contribution < -0.4 is 10.1 Å². The lowest BCUT2D eigenvalue weighted by Gasteiger charge is -2.32. The fourth-order valence-electron chi connectivity index (χ4n) is 2.67. The molecule has 0 bridgehead atoms. The van der Waals surface area contributed by atoms with Crippen LogP contribution >= 0.6 is 11.3 Å². The van der Waals surface area contributed by atoms with Crippen molar-refractivity contribution in [1.82, 2.24) is 15.2 Å². The number of likely N-dealkylation sites (tertiary alicyclic amines) is 1. The van der Waals surface area contributed by atoms with Crippen LogP contribution in [-0.2, 0) is 0 Å². The lowest BCUT2D eigenvalue weighted by molar-refractivity contribution is 0.110. The zero-order chi connectivity index (χ0) is 16.9. The maximum Gasteiger partial charge on any atom is 0.317 e. The second kappa shape index (κ2) is 7.61. The topological polar surface area (TPSA) is 54.5 Å². The van der Waals surface area contributed by atoms with Crippen LogP contribution in [0.2, 0.25) is 0 Å². The normalized spacial score (nSPS) is 16.7. The number of halogens is 1. The van der Waals surface area contributed by atoms with E-state index in [0.29, 0.717) is 18.8 Å². The highest BCUT2D eigenvalue weighted by Crippen LogP contribution is 2.20. The number of benzene rings is 1. The number of thiazole rings is 1. The fraction of sp³-hybridized carbons (Fsp3) is 0.412. The molecule has 0 spiro atoms. The molecule has 3 rings (SSSR count). The molecule has 1 atom stereocenters. The van der Waals surface area contributed by atoms with Crippen LogP contribution in [0.4, 0.5) is 9.18 Å². The first-order chi connectivity index (χ1) is 11.6. The molecule has 1 aromatic heterocycles. The molecule has 5 nitrogen and oxygen atoms in total.